The molecular weight excluding hydrogens is 148 g/mol. The molecule has 0 bridgehead atoms. The Balaban J connectivity index is 3.23. The first-order valence-corrected chi connectivity index (χ1v) is 3.68. The number of carbonyl (C=O) groups excluding carboxylic acids is 1. The Morgan fingerprint density at radius 1 is 1.64 bits per heavy atom. The van der Waals surface area contributed by atoms with Crippen molar-refractivity contribution < 1.29 is 19.4 Å². The van der Waals surface area contributed by atoms with Gasteiger partial charge in [-0.15, -0.1) is 0 Å². The van der Waals surface area contributed by atoms with Gasteiger partial charge >= 0.3 is 6.16 Å². The lowest BCUT2D eigenvalue weighted by molar-refractivity contribution is -0.0683. The zero-order chi connectivity index (χ0) is 8.69. The van der Waals surface area contributed by atoms with Crippen LogP contribution in [0.25, 0.3) is 0 Å². The van der Waals surface area contributed by atoms with E-state index in [-0.39, 0.29) is 0 Å². The van der Waals surface area contributed by atoms with E-state index >= 15 is 0 Å². The van der Waals surface area contributed by atoms with Crippen LogP contribution in [0.15, 0.2) is 0 Å². The Bertz CT molecular complexity index is 111. The molecule has 1 N–H and O–H groups in total. The number of carbonyl (C=O) groups is 1. The van der Waals surface area contributed by atoms with E-state index < -0.39 is 12.4 Å². The third-order valence-corrected chi connectivity index (χ3v) is 0.985. The first kappa shape index (κ1) is 10.2. The maximum atomic E-state index is 10.5. The van der Waals surface area contributed by atoms with Gasteiger partial charge in [0.1, 0.15) is 0 Å². The van der Waals surface area contributed by atoms with Gasteiger partial charge in [0.2, 0.25) is 6.29 Å². The molecule has 0 amide bonds. The summed E-state index contributed by atoms with van der Waals surface area (Å²) in [6, 6.07) is 0. The molecule has 0 aliphatic carbocycles. The molecule has 0 aliphatic rings. The van der Waals surface area contributed by atoms with Gasteiger partial charge in [0.05, 0.1) is 6.61 Å². The van der Waals surface area contributed by atoms with Crippen molar-refractivity contribution in [1.29, 1.82) is 0 Å². The SMILES string of the molecule is CCCCOC(=O)O[C@H](C)O. The van der Waals surface area contributed by atoms with Crippen LogP contribution in [0.5, 0.6) is 0 Å². The molecule has 0 radical (unpaired) electrons. The lowest BCUT2D eigenvalue weighted by Gasteiger charge is -2.06. The van der Waals surface area contributed by atoms with Crippen LogP contribution in [-0.4, -0.2) is 24.2 Å². The van der Waals surface area contributed by atoms with Gasteiger partial charge < -0.3 is 14.6 Å². The second kappa shape index (κ2) is 5.97. The van der Waals surface area contributed by atoms with Crippen molar-refractivity contribution in [2.75, 3.05) is 6.61 Å². The van der Waals surface area contributed by atoms with Crippen molar-refractivity contribution in [3.8, 4) is 0 Å². The fraction of sp³-hybridized carbons (Fsp3) is 0.857. The predicted octanol–water partition coefficient (Wildman–Crippen LogP) is 1.28. The monoisotopic (exact) mass is 162 g/mol. The molecule has 0 rings (SSSR count). The fourth-order valence-corrected chi connectivity index (χ4v) is 0.473. The first-order chi connectivity index (χ1) is 5.16. The van der Waals surface area contributed by atoms with Crippen LogP contribution >= 0.6 is 0 Å². The highest BCUT2D eigenvalue weighted by Crippen LogP contribution is 1.93. The van der Waals surface area contributed by atoms with Gasteiger partial charge in [0, 0.05) is 0 Å². The minimum Gasteiger partial charge on any atom is -0.434 e. The summed E-state index contributed by atoms with van der Waals surface area (Å²) in [5.41, 5.74) is 0. The van der Waals surface area contributed by atoms with Crippen LogP contribution in [0.3, 0.4) is 0 Å². The van der Waals surface area contributed by atoms with E-state index in [9.17, 15) is 4.79 Å². The number of aliphatic hydroxyl groups excluding tert-OH is 1. The van der Waals surface area contributed by atoms with Crippen molar-refractivity contribution >= 4 is 6.16 Å². The number of unbranched alkanes of at least 4 members (excludes halogenated alkanes) is 1. The van der Waals surface area contributed by atoms with Crippen LogP contribution in [-0.2, 0) is 9.47 Å². The van der Waals surface area contributed by atoms with E-state index in [0.29, 0.717) is 6.61 Å². The summed E-state index contributed by atoms with van der Waals surface area (Å²) in [5, 5.41) is 8.56. The molecule has 0 aromatic carbocycles. The zero-order valence-corrected chi connectivity index (χ0v) is 6.87. The average molecular weight is 162 g/mol. The second-order valence-corrected chi connectivity index (χ2v) is 2.17. The molecule has 0 aromatic rings. The molecule has 0 fully saturated rings. The molecule has 0 aromatic heterocycles. The summed E-state index contributed by atoms with van der Waals surface area (Å²) in [4.78, 5) is 10.5. The summed E-state index contributed by atoms with van der Waals surface area (Å²) in [7, 11) is 0. The number of aliphatic hydroxyl groups is 1. The standard InChI is InChI=1S/C7H14O4/c1-3-4-5-10-7(9)11-6(2)8/h6,8H,3-5H2,1-2H3/t6-/m1/s1. The lowest BCUT2D eigenvalue weighted by Crippen LogP contribution is -2.15. The highest BCUT2D eigenvalue weighted by Gasteiger charge is 2.05. The van der Waals surface area contributed by atoms with Crippen LogP contribution in [0, 0.1) is 0 Å². The maximum Gasteiger partial charge on any atom is 0.510 e. The smallest absolute Gasteiger partial charge is 0.434 e. The summed E-state index contributed by atoms with van der Waals surface area (Å²) < 4.78 is 8.86. The topological polar surface area (TPSA) is 55.8 Å². The molecule has 0 spiro atoms. The van der Waals surface area contributed by atoms with Crippen molar-refractivity contribution in [3.05, 3.63) is 0 Å². The van der Waals surface area contributed by atoms with Crippen LogP contribution in [0.1, 0.15) is 26.7 Å². The predicted molar refractivity (Wildman–Crippen MR) is 39.0 cm³/mol. The molecule has 4 nitrogen and oxygen atoms in total. The fourth-order valence-electron chi connectivity index (χ4n) is 0.473. The van der Waals surface area contributed by atoms with Gasteiger partial charge in [0.15, 0.2) is 0 Å². The Kier molecular flexibility index (Phi) is 5.56. The minimum atomic E-state index is -1.09. The van der Waals surface area contributed by atoms with Crippen molar-refractivity contribution in [2.24, 2.45) is 0 Å². The molecule has 0 saturated carbocycles. The molecule has 4 heteroatoms. The highest BCUT2D eigenvalue weighted by atomic mass is 16.8. The molecule has 0 heterocycles. The van der Waals surface area contributed by atoms with Gasteiger partial charge in [0.25, 0.3) is 0 Å². The number of hydrogen-bond donors (Lipinski definition) is 1. The van der Waals surface area contributed by atoms with Crippen LogP contribution < -0.4 is 0 Å². The van der Waals surface area contributed by atoms with E-state index in [1.807, 2.05) is 6.92 Å². The lowest BCUT2D eigenvalue weighted by atomic mass is 10.4. The van der Waals surface area contributed by atoms with Gasteiger partial charge in [-0.3, -0.25) is 0 Å². The van der Waals surface area contributed by atoms with E-state index in [4.69, 9.17) is 5.11 Å². The normalized spacial score (nSPS) is 12.3. The summed E-state index contributed by atoms with van der Waals surface area (Å²) in [6.07, 6.45) is -0.130. The Morgan fingerprint density at radius 3 is 2.73 bits per heavy atom. The summed E-state index contributed by atoms with van der Waals surface area (Å²) in [5.74, 6) is 0. The number of rotatable bonds is 4. The number of hydrogen-bond acceptors (Lipinski definition) is 4. The van der Waals surface area contributed by atoms with E-state index in [0.717, 1.165) is 12.8 Å². The second-order valence-electron chi connectivity index (χ2n) is 2.17. The molecule has 0 aliphatic heterocycles. The minimum absolute atomic E-state index is 0.349. The molecule has 11 heavy (non-hydrogen) atoms. The maximum absolute atomic E-state index is 10.5. The average Bonchev–Trinajstić information content (AvgIpc) is 1.86. The molecule has 0 unspecified atom stereocenters. The van der Waals surface area contributed by atoms with Gasteiger partial charge in [-0.2, -0.15) is 0 Å². The number of ether oxygens (including phenoxy) is 2. The van der Waals surface area contributed by atoms with E-state index in [1.54, 1.807) is 0 Å². The van der Waals surface area contributed by atoms with E-state index in [2.05, 4.69) is 9.47 Å². The van der Waals surface area contributed by atoms with Gasteiger partial charge in [-0.1, -0.05) is 13.3 Å². The van der Waals surface area contributed by atoms with Crippen molar-refractivity contribution in [2.45, 2.75) is 33.0 Å². The molecule has 66 valence electrons. The summed E-state index contributed by atoms with van der Waals surface area (Å²) >= 11 is 0. The third kappa shape index (κ3) is 7.12. The molecule has 1 atom stereocenters. The van der Waals surface area contributed by atoms with E-state index in [1.165, 1.54) is 6.92 Å². The van der Waals surface area contributed by atoms with Gasteiger partial charge in [-0.25, -0.2) is 4.79 Å². The van der Waals surface area contributed by atoms with Crippen LogP contribution in [0.4, 0.5) is 4.79 Å². The molecular formula is C7H14O4. The zero-order valence-electron chi connectivity index (χ0n) is 6.87. The first-order valence-electron chi connectivity index (χ1n) is 3.68. The highest BCUT2D eigenvalue weighted by molar-refractivity contribution is 5.59. The van der Waals surface area contributed by atoms with Crippen molar-refractivity contribution in [1.82, 2.24) is 0 Å². The van der Waals surface area contributed by atoms with Gasteiger partial charge in [-0.05, 0) is 13.3 Å². The third-order valence-electron chi connectivity index (χ3n) is 0.985. The Hall–Kier alpha value is -0.770. The summed E-state index contributed by atoms with van der Waals surface area (Å²) in [6.45, 7) is 3.69. The quantitative estimate of drug-likeness (QED) is 0.384. The van der Waals surface area contributed by atoms with Crippen LogP contribution in [0.2, 0.25) is 0 Å². The Labute approximate surface area is 66.1 Å². The Morgan fingerprint density at radius 2 is 2.27 bits per heavy atom. The molecule has 0 saturated heterocycles. The van der Waals surface area contributed by atoms with Crippen molar-refractivity contribution in [3.63, 3.8) is 0 Å². The largest absolute Gasteiger partial charge is 0.510 e.